The lowest BCUT2D eigenvalue weighted by Gasteiger charge is -2.02. The number of hydrogen-bond acceptors (Lipinski definition) is 4. The lowest BCUT2D eigenvalue weighted by atomic mass is 10.1. The third-order valence-corrected chi connectivity index (χ3v) is 2.63. The molecule has 3 rings (SSSR count). The van der Waals surface area contributed by atoms with Crippen molar-refractivity contribution in [3.8, 4) is 11.3 Å². The predicted octanol–water partition coefficient (Wildman–Crippen LogP) is 1.68. The minimum Gasteiger partial charge on any atom is -0.399 e. The molecule has 2 N–H and O–H groups in total. The third-order valence-electron chi connectivity index (χ3n) is 2.63. The maximum Gasteiger partial charge on any atom is 0.177 e. The molecule has 0 fully saturated rings. The van der Waals surface area contributed by atoms with Gasteiger partial charge >= 0.3 is 0 Å². The Hall–Kier alpha value is -2.43. The maximum absolute atomic E-state index is 5.66. The fourth-order valence-electron chi connectivity index (χ4n) is 1.70. The van der Waals surface area contributed by atoms with Crippen molar-refractivity contribution in [2.24, 2.45) is 0 Å². The molecule has 0 unspecified atom stereocenters. The quantitative estimate of drug-likeness (QED) is 0.640. The van der Waals surface area contributed by atoms with Crippen LogP contribution in [0.15, 0.2) is 36.4 Å². The Balaban J connectivity index is 2.17. The smallest absolute Gasteiger partial charge is 0.177 e. The highest BCUT2D eigenvalue weighted by Gasteiger charge is 2.04. The fourth-order valence-corrected chi connectivity index (χ4v) is 1.70. The minimum absolute atomic E-state index is 0.746. The van der Waals surface area contributed by atoms with Crippen LogP contribution in [0.4, 0.5) is 5.69 Å². The van der Waals surface area contributed by atoms with Crippen molar-refractivity contribution in [1.29, 1.82) is 0 Å². The van der Waals surface area contributed by atoms with Gasteiger partial charge in [-0.2, -0.15) is 9.61 Å². The van der Waals surface area contributed by atoms with Crippen molar-refractivity contribution < 1.29 is 0 Å². The molecule has 0 aliphatic heterocycles. The number of anilines is 1. The first-order valence-electron chi connectivity index (χ1n) is 5.29. The number of nitrogens with zero attached hydrogens (tertiary/aromatic N) is 4. The van der Waals surface area contributed by atoms with Crippen molar-refractivity contribution in [2.75, 3.05) is 5.73 Å². The van der Waals surface area contributed by atoms with Crippen LogP contribution in [0.1, 0.15) is 5.82 Å². The maximum atomic E-state index is 5.66. The first-order valence-corrected chi connectivity index (χ1v) is 5.29. The van der Waals surface area contributed by atoms with Crippen LogP contribution < -0.4 is 5.73 Å². The Morgan fingerprint density at radius 3 is 2.53 bits per heavy atom. The van der Waals surface area contributed by atoms with E-state index in [0.717, 1.165) is 28.4 Å². The molecule has 2 aromatic heterocycles. The van der Waals surface area contributed by atoms with E-state index in [0.29, 0.717) is 0 Å². The van der Waals surface area contributed by atoms with E-state index in [9.17, 15) is 0 Å². The first kappa shape index (κ1) is 9.77. The van der Waals surface area contributed by atoms with Gasteiger partial charge in [0.25, 0.3) is 0 Å². The molecule has 0 spiro atoms. The molecular weight excluding hydrogens is 214 g/mol. The molecule has 84 valence electrons. The van der Waals surface area contributed by atoms with Crippen molar-refractivity contribution in [3.63, 3.8) is 0 Å². The van der Waals surface area contributed by atoms with E-state index in [-0.39, 0.29) is 0 Å². The lowest BCUT2D eigenvalue weighted by molar-refractivity contribution is 0.880. The van der Waals surface area contributed by atoms with Gasteiger partial charge in [0.1, 0.15) is 0 Å². The van der Waals surface area contributed by atoms with E-state index in [1.165, 1.54) is 0 Å². The summed E-state index contributed by atoms with van der Waals surface area (Å²) in [7, 11) is 0. The molecule has 0 bridgehead atoms. The average molecular weight is 225 g/mol. The molecular formula is C12H11N5. The molecule has 0 atom stereocenters. The van der Waals surface area contributed by atoms with Crippen molar-refractivity contribution in [3.05, 3.63) is 42.2 Å². The largest absolute Gasteiger partial charge is 0.399 e. The second kappa shape index (κ2) is 3.55. The zero-order valence-corrected chi connectivity index (χ0v) is 9.33. The van der Waals surface area contributed by atoms with Gasteiger partial charge in [-0.25, -0.2) is 0 Å². The third kappa shape index (κ3) is 1.61. The van der Waals surface area contributed by atoms with Crippen LogP contribution in [0.25, 0.3) is 16.9 Å². The van der Waals surface area contributed by atoms with E-state index in [1.807, 2.05) is 43.3 Å². The summed E-state index contributed by atoms with van der Waals surface area (Å²) < 4.78 is 1.73. The number of aryl methyl sites for hydroxylation is 1. The van der Waals surface area contributed by atoms with Gasteiger partial charge in [-0.3, -0.25) is 0 Å². The highest BCUT2D eigenvalue weighted by atomic mass is 15.4. The summed E-state index contributed by atoms with van der Waals surface area (Å²) in [6.07, 6.45) is 0. The number of fused-ring (bicyclic) bond motifs is 1. The minimum atomic E-state index is 0.746. The molecule has 1 aromatic carbocycles. The summed E-state index contributed by atoms with van der Waals surface area (Å²) in [6, 6.07) is 11.4. The monoisotopic (exact) mass is 225 g/mol. The van der Waals surface area contributed by atoms with Gasteiger partial charge in [-0.1, -0.05) is 12.1 Å². The van der Waals surface area contributed by atoms with Gasteiger partial charge in [0.05, 0.1) is 5.69 Å². The Kier molecular flexibility index (Phi) is 2.04. The van der Waals surface area contributed by atoms with Crippen LogP contribution in [0.5, 0.6) is 0 Å². The number of aromatic nitrogens is 4. The Bertz CT molecular complexity index is 669. The molecule has 3 aromatic rings. The Morgan fingerprint density at radius 1 is 1.00 bits per heavy atom. The normalized spacial score (nSPS) is 10.9. The molecule has 2 heterocycles. The molecule has 0 aliphatic carbocycles. The van der Waals surface area contributed by atoms with Crippen LogP contribution in [-0.4, -0.2) is 19.8 Å². The van der Waals surface area contributed by atoms with E-state index in [1.54, 1.807) is 4.52 Å². The highest BCUT2D eigenvalue weighted by Crippen LogP contribution is 2.18. The molecule has 0 saturated heterocycles. The first-order chi connectivity index (χ1) is 8.24. The number of nitrogen functional groups attached to an aromatic ring is 1. The van der Waals surface area contributed by atoms with Gasteiger partial charge < -0.3 is 5.73 Å². The number of rotatable bonds is 1. The van der Waals surface area contributed by atoms with Crippen molar-refractivity contribution in [2.45, 2.75) is 6.92 Å². The standard InChI is InChI=1S/C12H11N5/c1-8-14-15-12-7-6-11(16-17(8)12)9-2-4-10(13)5-3-9/h2-7H,13H2,1H3. The van der Waals surface area contributed by atoms with E-state index >= 15 is 0 Å². The number of benzene rings is 1. The Labute approximate surface area is 97.9 Å². The topological polar surface area (TPSA) is 69.1 Å². The lowest BCUT2D eigenvalue weighted by Crippen LogP contribution is -1.96. The molecule has 5 heteroatoms. The van der Waals surface area contributed by atoms with Crippen LogP contribution in [0.2, 0.25) is 0 Å². The van der Waals surface area contributed by atoms with Crippen LogP contribution in [0.3, 0.4) is 0 Å². The zero-order chi connectivity index (χ0) is 11.8. The van der Waals surface area contributed by atoms with Gasteiger partial charge in [0.2, 0.25) is 0 Å². The molecule has 0 saturated carbocycles. The van der Waals surface area contributed by atoms with Gasteiger partial charge in [-0.05, 0) is 31.2 Å². The number of nitrogens with two attached hydrogens (primary N) is 1. The molecule has 5 nitrogen and oxygen atoms in total. The average Bonchev–Trinajstić information content (AvgIpc) is 2.72. The summed E-state index contributed by atoms with van der Waals surface area (Å²) in [5.41, 5.74) is 9.05. The van der Waals surface area contributed by atoms with E-state index in [4.69, 9.17) is 5.73 Å². The van der Waals surface area contributed by atoms with E-state index < -0.39 is 0 Å². The van der Waals surface area contributed by atoms with Crippen LogP contribution in [0, 0.1) is 6.92 Å². The van der Waals surface area contributed by atoms with Crippen molar-refractivity contribution in [1.82, 2.24) is 19.8 Å². The van der Waals surface area contributed by atoms with Crippen LogP contribution >= 0.6 is 0 Å². The molecule has 17 heavy (non-hydrogen) atoms. The molecule has 0 amide bonds. The highest BCUT2D eigenvalue weighted by molar-refractivity contribution is 5.62. The zero-order valence-electron chi connectivity index (χ0n) is 9.33. The predicted molar refractivity (Wildman–Crippen MR) is 65.4 cm³/mol. The fraction of sp³-hybridized carbons (Fsp3) is 0.0833. The summed E-state index contributed by atoms with van der Waals surface area (Å²) in [5, 5.41) is 12.5. The van der Waals surface area contributed by atoms with Crippen molar-refractivity contribution >= 4 is 11.3 Å². The summed E-state index contributed by atoms with van der Waals surface area (Å²) in [5.74, 6) is 0.775. The Morgan fingerprint density at radius 2 is 1.76 bits per heavy atom. The van der Waals surface area contributed by atoms with Crippen LogP contribution in [-0.2, 0) is 0 Å². The molecule has 0 aliphatic rings. The van der Waals surface area contributed by atoms with Gasteiger partial charge in [0, 0.05) is 11.3 Å². The second-order valence-electron chi connectivity index (χ2n) is 3.86. The SMILES string of the molecule is Cc1nnc2ccc(-c3ccc(N)cc3)nn12. The number of hydrogen-bond donors (Lipinski definition) is 1. The molecule has 0 radical (unpaired) electrons. The van der Waals surface area contributed by atoms with Gasteiger partial charge in [0.15, 0.2) is 11.5 Å². The van der Waals surface area contributed by atoms with E-state index in [2.05, 4.69) is 15.3 Å². The second-order valence-corrected chi connectivity index (χ2v) is 3.86. The summed E-state index contributed by atoms with van der Waals surface area (Å²) >= 11 is 0. The van der Waals surface area contributed by atoms with Gasteiger partial charge in [-0.15, -0.1) is 10.2 Å². The summed E-state index contributed by atoms with van der Waals surface area (Å²) in [4.78, 5) is 0. The summed E-state index contributed by atoms with van der Waals surface area (Å²) in [6.45, 7) is 1.87.